The summed E-state index contributed by atoms with van der Waals surface area (Å²) < 4.78 is 20.0. The van der Waals surface area contributed by atoms with Crippen LogP contribution in [0.4, 0.5) is 4.39 Å². The maximum Gasteiger partial charge on any atom is 0.264 e. The molecule has 4 rings (SSSR count). The smallest absolute Gasteiger partial charge is 0.264 e. The summed E-state index contributed by atoms with van der Waals surface area (Å²) in [7, 11) is 0. The number of piperazine rings is 1. The van der Waals surface area contributed by atoms with E-state index in [0.29, 0.717) is 31.8 Å². The molecule has 2 aromatic carbocycles. The van der Waals surface area contributed by atoms with Crippen molar-refractivity contribution in [2.75, 3.05) is 26.2 Å². The SMILES string of the molecule is Cc1cc(C)c(OCc2csc(C(=O)N3CCN(Cc4ccccc4F)CC3)c2)c(C)c1. The molecule has 2 heterocycles. The molecular weight excluding hydrogens is 423 g/mol. The zero-order valence-electron chi connectivity index (χ0n) is 18.9. The van der Waals surface area contributed by atoms with E-state index in [9.17, 15) is 9.18 Å². The highest BCUT2D eigenvalue weighted by atomic mass is 32.1. The first-order valence-electron chi connectivity index (χ1n) is 10.9. The summed E-state index contributed by atoms with van der Waals surface area (Å²) in [6, 6.07) is 13.1. The highest BCUT2D eigenvalue weighted by molar-refractivity contribution is 7.12. The molecule has 0 saturated carbocycles. The van der Waals surface area contributed by atoms with Crippen molar-refractivity contribution in [1.82, 2.24) is 9.80 Å². The van der Waals surface area contributed by atoms with Gasteiger partial charge in [0.15, 0.2) is 0 Å². The third kappa shape index (κ3) is 5.19. The first kappa shape index (κ1) is 22.5. The summed E-state index contributed by atoms with van der Waals surface area (Å²) in [6.07, 6.45) is 0. The fraction of sp³-hybridized carbons (Fsp3) is 0.346. The van der Waals surface area contributed by atoms with Gasteiger partial charge in [-0.25, -0.2) is 4.39 Å². The highest BCUT2D eigenvalue weighted by Crippen LogP contribution is 2.26. The lowest BCUT2D eigenvalue weighted by Crippen LogP contribution is -2.48. The van der Waals surface area contributed by atoms with Gasteiger partial charge in [0.25, 0.3) is 5.91 Å². The predicted octanol–water partition coefficient (Wildman–Crippen LogP) is 5.35. The van der Waals surface area contributed by atoms with Crippen LogP contribution in [0.1, 0.15) is 37.5 Å². The van der Waals surface area contributed by atoms with Crippen LogP contribution < -0.4 is 4.74 Å². The lowest BCUT2D eigenvalue weighted by molar-refractivity contribution is 0.0631. The number of aryl methyl sites for hydroxylation is 3. The average Bonchev–Trinajstić information content (AvgIpc) is 3.24. The summed E-state index contributed by atoms with van der Waals surface area (Å²) >= 11 is 1.47. The molecule has 1 aliphatic heterocycles. The summed E-state index contributed by atoms with van der Waals surface area (Å²) in [6.45, 7) is 10.0. The second-order valence-electron chi connectivity index (χ2n) is 8.50. The number of carbonyl (C=O) groups excluding carboxylic acids is 1. The van der Waals surface area contributed by atoms with Gasteiger partial charge in [0, 0.05) is 43.9 Å². The molecule has 0 unspecified atom stereocenters. The van der Waals surface area contributed by atoms with Gasteiger partial charge in [-0.1, -0.05) is 35.9 Å². The second-order valence-corrected chi connectivity index (χ2v) is 9.41. The van der Waals surface area contributed by atoms with E-state index in [1.54, 1.807) is 6.07 Å². The lowest BCUT2D eigenvalue weighted by atomic mass is 10.1. The maximum atomic E-state index is 13.9. The van der Waals surface area contributed by atoms with E-state index in [1.165, 1.54) is 23.0 Å². The Morgan fingerprint density at radius 3 is 2.41 bits per heavy atom. The molecule has 1 amide bonds. The maximum absolute atomic E-state index is 13.9. The summed E-state index contributed by atoms with van der Waals surface area (Å²) in [5.74, 6) is 0.811. The molecule has 0 aliphatic carbocycles. The molecule has 0 radical (unpaired) electrons. The molecule has 1 aromatic heterocycles. The van der Waals surface area contributed by atoms with Crippen LogP contribution in [0, 0.1) is 26.6 Å². The van der Waals surface area contributed by atoms with Crippen molar-refractivity contribution in [3.63, 3.8) is 0 Å². The van der Waals surface area contributed by atoms with Crippen molar-refractivity contribution in [2.45, 2.75) is 33.9 Å². The standard InChI is InChI=1S/C26H29FN2O2S/c1-18-12-19(2)25(20(3)13-18)31-16-21-14-24(32-17-21)26(30)29-10-8-28(9-11-29)15-22-6-4-5-7-23(22)27/h4-7,12-14,17H,8-11,15-16H2,1-3H3. The average molecular weight is 453 g/mol. The summed E-state index contributed by atoms with van der Waals surface area (Å²) in [4.78, 5) is 17.8. The van der Waals surface area contributed by atoms with Gasteiger partial charge in [0.1, 0.15) is 18.2 Å². The predicted molar refractivity (Wildman–Crippen MR) is 127 cm³/mol. The van der Waals surface area contributed by atoms with Crippen LogP contribution in [-0.4, -0.2) is 41.9 Å². The molecule has 0 spiro atoms. The zero-order valence-corrected chi connectivity index (χ0v) is 19.7. The van der Waals surface area contributed by atoms with E-state index in [2.05, 4.69) is 37.8 Å². The van der Waals surface area contributed by atoms with Crippen LogP contribution in [0.25, 0.3) is 0 Å². The van der Waals surface area contributed by atoms with E-state index < -0.39 is 0 Å². The first-order valence-corrected chi connectivity index (χ1v) is 11.8. The minimum Gasteiger partial charge on any atom is -0.488 e. The minimum atomic E-state index is -0.171. The summed E-state index contributed by atoms with van der Waals surface area (Å²) in [5, 5.41) is 2.00. The number of nitrogens with zero attached hydrogens (tertiary/aromatic N) is 2. The van der Waals surface area contributed by atoms with Gasteiger partial charge in [-0.15, -0.1) is 11.3 Å². The monoisotopic (exact) mass is 452 g/mol. The number of halogens is 1. The number of hydrogen-bond donors (Lipinski definition) is 0. The molecule has 1 saturated heterocycles. The van der Waals surface area contributed by atoms with Crippen LogP contribution in [0.5, 0.6) is 5.75 Å². The molecule has 32 heavy (non-hydrogen) atoms. The van der Waals surface area contributed by atoms with E-state index in [-0.39, 0.29) is 11.7 Å². The Balaban J connectivity index is 1.31. The normalized spacial score (nSPS) is 14.6. The Labute approximate surface area is 193 Å². The van der Waals surface area contributed by atoms with Crippen molar-refractivity contribution in [3.8, 4) is 5.75 Å². The third-order valence-electron chi connectivity index (χ3n) is 5.86. The van der Waals surface area contributed by atoms with Crippen molar-refractivity contribution in [2.24, 2.45) is 0 Å². The van der Waals surface area contributed by atoms with Crippen LogP contribution in [0.15, 0.2) is 47.8 Å². The van der Waals surface area contributed by atoms with Crippen molar-refractivity contribution in [1.29, 1.82) is 0 Å². The van der Waals surface area contributed by atoms with Gasteiger partial charge >= 0.3 is 0 Å². The third-order valence-corrected chi connectivity index (χ3v) is 6.83. The van der Waals surface area contributed by atoms with Gasteiger partial charge in [0.2, 0.25) is 0 Å². The van der Waals surface area contributed by atoms with E-state index in [4.69, 9.17) is 4.74 Å². The van der Waals surface area contributed by atoms with E-state index >= 15 is 0 Å². The molecule has 0 bridgehead atoms. The van der Waals surface area contributed by atoms with Crippen LogP contribution in [0.2, 0.25) is 0 Å². The fourth-order valence-corrected chi connectivity index (χ4v) is 5.11. The largest absolute Gasteiger partial charge is 0.488 e. The van der Waals surface area contributed by atoms with Crippen molar-refractivity contribution >= 4 is 17.2 Å². The molecule has 168 valence electrons. The molecule has 4 nitrogen and oxygen atoms in total. The van der Waals surface area contributed by atoms with Gasteiger partial charge < -0.3 is 9.64 Å². The topological polar surface area (TPSA) is 32.8 Å². The number of hydrogen-bond acceptors (Lipinski definition) is 4. The van der Waals surface area contributed by atoms with E-state index in [0.717, 1.165) is 40.4 Å². The Bertz CT molecular complexity index is 1080. The molecule has 1 aliphatic rings. The van der Waals surface area contributed by atoms with Crippen molar-refractivity contribution < 1.29 is 13.9 Å². The number of ether oxygens (including phenoxy) is 1. The van der Waals surface area contributed by atoms with Crippen LogP contribution in [-0.2, 0) is 13.2 Å². The zero-order chi connectivity index (χ0) is 22.7. The number of carbonyl (C=O) groups is 1. The van der Waals surface area contributed by atoms with Crippen molar-refractivity contribution in [3.05, 3.63) is 86.4 Å². The molecule has 1 fully saturated rings. The molecule has 6 heteroatoms. The number of rotatable bonds is 6. The minimum absolute atomic E-state index is 0.0643. The molecule has 3 aromatic rings. The molecular formula is C26H29FN2O2S. The van der Waals surface area contributed by atoms with Crippen LogP contribution in [0.3, 0.4) is 0 Å². The quantitative estimate of drug-likeness (QED) is 0.505. The first-order chi connectivity index (χ1) is 15.4. The number of thiophene rings is 1. The summed E-state index contributed by atoms with van der Waals surface area (Å²) in [5.41, 5.74) is 5.19. The Morgan fingerprint density at radius 1 is 1.03 bits per heavy atom. The Morgan fingerprint density at radius 2 is 1.72 bits per heavy atom. The van der Waals surface area contributed by atoms with Gasteiger partial charge in [0.05, 0.1) is 4.88 Å². The Hall–Kier alpha value is -2.70. The Kier molecular flexibility index (Phi) is 6.92. The number of amides is 1. The van der Waals surface area contributed by atoms with Gasteiger partial charge in [-0.3, -0.25) is 9.69 Å². The molecule has 0 atom stereocenters. The van der Waals surface area contributed by atoms with Crippen LogP contribution >= 0.6 is 11.3 Å². The second kappa shape index (κ2) is 9.84. The molecule has 0 N–H and O–H groups in total. The number of benzene rings is 2. The highest BCUT2D eigenvalue weighted by Gasteiger charge is 2.23. The van der Waals surface area contributed by atoms with Gasteiger partial charge in [-0.05, 0) is 49.4 Å². The fourth-order valence-electron chi connectivity index (χ4n) is 4.25. The lowest BCUT2D eigenvalue weighted by Gasteiger charge is -2.34. The van der Waals surface area contributed by atoms with Gasteiger partial charge in [-0.2, -0.15) is 0 Å². The van der Waals surface area contributed by atoms with E-state index in [1.807, 2.05) is 28.5 Å².